The van der Waals surface area contributed by atoms with Gasteiger partial charge in [-0.3, -0.25) is 9.69 Å². The molecule has 1 N–H and O–H groups in total. The summed E-state index contributed by atoms with van der Waals surface area (Å²) in [6, 6.07) is 17.3. The molecule has 1 aliphatic heterocycles. The second-order valence-electron chi connectivity index (χ2n) is 6.72. The lowest BCUT2D eigenvalue weighted by Gasteiger charge is -2.25. The van der Waals surface area contributed by atoms with Gasteiger partial charge >= 0.3 is 0 Å². The number of nitrogens with zero attached hydrogens (tertiary/aromatic N) is 1. The Morgan fingerprint density at radius 1 is 1.24 bits per heavy atom. The zero-order valence-corrected chi connectivity index (χ0v) is 16.0. The van der Waals surface area contributed by atoms with Gasteiger partial charge in [0, 0.05) is 35.6 Å². The van der Waals surface area contributed by atoms with Crippen LogP contribution in [0.4, 0.5) is 0 Å². The summed E-state index contributed by atoms with van der Waals surface area (Å²) in [4.78, 5) is 16.3. The molecule has 1 amide bonds. The van der Waals surface area contributed by atoms with Crippen LogP contribution in [0.1, 0.15) is 40.9 Å². The molecule has 2 aromatic carbocycles. The van der Waals surface area contributed by atoms with Crippen molar-refractivity contribution in [2.24, 2.45) is 0 Å². The molecule has 3 nitrogen and oxygen atoms in total. The van der Waals surface area contributed by atoms with Gasteiger partial charge < -0.3 is 5.32 Å². The third-order valence-corrected chi connectivity index (χ3v) is 5.80. The van der Waals surface area contributed by atoms with Crippen LogP contribution in [0, 0.1) is 6.92 Å². The molecule has 1 saturated heterocycles. The minimum atomic E-state index is 0.0487. The Bertz CT molecular complexity index is 732. The van der Waals surface area contributed by atoms with Gasteiger partial charge in [0.05, 0.1) is 0 Å². The largest absolute Gasteiger partial charge is 0.348 e. The Kier molecular flexibility index (Phi) is 5.82. The van der Waals surface area contributed by atoms with Crippen molar-refractivity contribution >= 4 is 17.7 Å². The average Bonchev–Trinajstić information content (AvgIpc) is 3.10. The van der Waals surface area contributed by atoms with Crippen molar-refractivity contribution in [3.63, 3.8) is 0 Å². The molecule has 0 spiro atoms. The van der Waals surface area contributed by atoms with Crippen LogP contribution in [-0.2, 0) is 0 Å². The van der Waals surface area contributed by atoms with Crippen molar-refractivity contribution in [1.82, 2.24) is 10.2 Å². The van der Waals surface area contributed by atoms with E-state index in [-0.39, 0.29) is 11.9 Å². The first-order valence-corrected chi connectivity index (χ1v) is 10.1. The average molecular weight is 355 g/mol. The fourth-order valence-corrected chi connectivity index (χ4v) is 3.87. The summed E-state index contributed by atoms with van der Waals surface area (Å²) in [5.74, 6) is 0.0487. The number of hydrogen-bond donors (Lipinski definition) is 1. The lowest BCUT2D eigenvalue weighted by Crippen LogP contribution is -2.37. The molecular formula is C21H26N2OS. The van der Waals surface area contributed by atoms with Crippen molar-refractivity contribution in [3.05, 3.63) is 65.2 Å². The lowest BCUT2D eigenvalue weighted by atomic mass is 10.1. The molecule has 0 aliphatic carbocycles. The summed E-state index contributed by atoms with van der Waals surface area (Å²) < 4.78 is 0. The predicted octanol–water partition coefficient (Wildman–Crippen LogP) is 4.28. The van der Waals surface area contributed by atoms with E-state index in [9.17, 15) is 4.79 Å². The highest BCUT2D eigenvalue weighted by atomic mass is 32.2. The zero-order chi connectivity index (χ0) is 17.8. The van der Waals surface area contributed by atoms with E-state index >= 15 is 0 Å². The van der Waals surface area contributed by atoms with Crippen LogP contribution in [0.25, 0.3) is 0 Å². The topological polar surface area (TPSA) is 32.3 Å². The van der Waals surface area contributed by atoms with Crippen LogP contribution < -0.4 is 5.32 Å². The number of benzene rings is 2. The Balaban J connectivity index is 1.62. The normalized spacial score (nSPS) is 18.9. The second-order valence-corrected chi connectivity index (χ2v) is 7.60. The van der Waals surface area contributed by atoms with Crippen LogP contribution in [0.2, 0.25) is 0 Å². The van der Waals surface area contributed by atoms with Crippen LogP contribution in [-0.4, -0.2) is 36.2 Å². The summed E-state index contributed by atoms with van der Waals surface area (Å²) in [5.41, 5.74) is 3.15. The van der Waals surface area contributed by atoms with Gasteiger partial charge in [0.25, 0.3) is 5.91 Å². The summed E-state index contributed by atoms with van der Waals surface area (Å²) in [6.07, 6.45) is 3.04. The van der Waals surface area contributed by atoms with E-state index in [0.717, 1.165) is 35.5 Å². The molecule has 2 unspecified atom stereocenters. The first-order chi connectivity index (χ1) is 12.1. The van der Waals surface area contributed by atoms with E-state index in [1.54, 1.807) is 11.8 Å². The number of nitrogens with one attached hydrogen (secondary N) is 1. The van der Waals surface area contributed by atoms with Crippen LogP contribution in [0.3, 0.4) is 0 Å². The third kappa shape index (κ3) is 4.25. The summed E-state index contributed by atoms with van der Waals surface area (Å²) in [5, 5.41) is 3.23. The van der Waals surface area contributed by atoms with Gasteiger partial charge in [0.15, 0.2) is 0 Å². The first-order valence-electron chi connectivity index (χ1n) is 8.83. The SMILES string of the molecule is CSc1ccc(C)c(C(=O)NC2CCN(C(C)c3ccccc3)C2)c1. The van der Waals surface area contributed by atoms with Gasteiger partial charge in [-0.15, -0.1) is 11.8 Å². The molecule has 2 aromatic rings. The maximum atomic E-state index is 12.7. The fourth-order valence-electron chi connectivity index (χ4n) is 3.44. The first kappa shape index (κ1) is 18.0. The second kappa shape index (κ2) is 8.07. The molecule has 1 fully saturated rings. The number of aryl methyl sites for hydroxylation is 1. The van der Waals surface area contributed by atoms with E-state index in [4.69, 9.17) is 0 Å². The zero-order valence-electron chi connectivity index (χ0n) is 15.2. The van der Waals surface area contributed by atoms with Crippen LogP contribution in [0.5, 0.6) is 0 Å². The molecule has 0 bridgehead atoms. The van der Waals surface area contributed by atoms with Crippen LogP contribution >= 0.6 is 11.8 Å². The number of hydrogen-bond acceptors (Lipinski definition) is 3. The lowest BCUT2D eigenvalue weighted by molar-refractivity contribution is 0.0935. The highest BCUT2D eigenvalue weighted by Crippen LogP contribution is 2.25. The summed E-state index contributed by atoms with van der Waals surface area (Å²) in [6.45, 7) is 6.16. The van der Waals surface area contributed by atoms with E-state index in [0.29, 0.717) is 6.04 Å². The summed E-state index contributed by atoms with van der Waals surface area (Å²) in [7, 11) is 0. The fraction of sp³-hybridized carbons (Fsp3) is 0.381. The maximum absolute atomic E-state index is 12.7. The number of rotatable bonds is 5. The quantitative estimate of drug-likeness (QED) is 0.813. The smallest absolute Gasteiger partial charge is 0.251 e. The Morgan fingerprint density at radius 2 is 2.00 bits per heavy atom. The third-order valence-electron chi connectivity index (χ3n) is 5.07. The molecule has 4 heteroatoms. The molecule has 132 valence electrons. The molecular weight excluding hydrogens is 328 g/mol. The minimum Gasteiger partial charge on any atom is -0.348 e. The van der Waals surface area contributed by atoms with E-state index in [2.05, 4.69) is 47.5 Å². The molecule has 0 saturated carbocycles. The van der Waals surface area contributed by atoms with Crippen molar-refractivity contribution < 1.29 is 4.79 Å². The van der Waals surface area contributed by atoms with Crippen molar-refractivity contribution in [2.45, 2.75) is 37.2 Å². The van der Waals surface area contributed by atoms with Gasteiger partial charge in [-0.25, -0.2) is 0 Å². The van der Waals surface area contributed by atoms with Crippen LogP contribution in [0.15, 0.2) is 53.4 Å². The Labute approximate surface area is 154 Å². The van der Waals surface area contributed by atoms with Gasteiger partial charge in [-0.1, -0.05) is 36.4 Å². The minimum absolute atomic E-state index is 0.0487. The van der Waals surface area contributed by atoms with Gasteiger partial charge in [-0.05, 0) is 49.8 Å². The number of carbonyl (C=O) groups excluding carboxylic acids is 1. The number of thioether (sulfide) groups is 1. The molecule has 0 radical (unpaired) electrons. The molecule has 0 aromatic heterocycles. The molecule has 2 atom stereocenters. The number of likely N-dealkylation sites (tertiary alicyclic amines) is 1. The molecule has 3 rings (SSSR count). The molecule has 1 heterocycles. The van der Waals surface area contributed by atoms with E-state index in [1.807, 2.05) is 31.4 Å². The monoisotopic (exact) mass is 354 g/mol. The Hall–Kier alpha value is -1.78. The van der Waals surface area contributed by atoms with Gasteiger partial charge in [0.2, 0.25) is 0 Å². The van der Waals surface area contributed by atoms with Gasteiger partial charge in [-0.2, -0.15) is 0 Å². The van der Waals surface area contributed by atoms with Crippen molar-refractivity contribution in [2.75, 3.05) is 19.3 Å². The van der Waals surface area contributed by atoms with Crippen molar-refractivity contribution in [3.8, 4) is 0 Å². The highest BCUT2D eigenvalue weighted by molar-refractivity contribution is 7.98. The van der Waals surface area contributed by atoms with E-state index < -0.39 is 0 Å². The van der Waals surface area contributed by atoms with Gasteiger partial charge in [0.1, 0.15) is 0 Å². The predicted molar refractivity (Wildman–Crippen MR) is 105 cm³/mol. The summed E-state index contributed by atoms with van der Waals surface area (Å²) >= 11 is 1.67. The standard InChI is InChI=1S/C21H26N2OS/c1-15-9-10-19(25-3)13-20(15)21(24)22-18-11-12-23(14-18)16(2)17-7-5-4-6-8-17/h4-10,13,16,18H,11-12,14H2,1-3H3,(H,22,24). The Morgan fingerprint density at radius 3 is 2.72 bits per heavy atom. The molecule has 25 heavy (non-hydrogen) atoms. The van der Waals surface area contributed by atoms with E-state index in [1.165, 1.54) is 5.56 Å². The number of amides is 1. The number of carbonyl (C=O) groups is 1. The molecule has 1 aliphatic rings. The van der Waals surface area contributed by atoms with Crippen molar-refractivity contribution in [1.29, 1.82) is 0 Å². The highest BCUT2D eigenvalue weighted by Gasteiger charge is 2.28. The maximum Gasteiger partial charge on any atom is 0.251 e.